The van der Waals surface area contributed by atoms with Crippen LogP contribution < -0.4 is 5.32 Å². The first kappa shape index (κ1) is 18.2. The summed E-state index contributed by atoms with van der Waals surface area (Å²) < 4.78 is 5.59. The van der Waals surface area contributed by atoms with E-state index in [0.29, 0.717) is 0 Å². The van der Waals surface area contributed by atoms with Crippen LogP contribution in [0.3, 0.4) is 0 Å². The second-order valence-corrected chi connectivity index (χ2v) is 7.41. The predicted molar refractivity (Wildman–Crippen MR) is 104 cm³/mol. The molecule has 2 heterocycles. The van der Waals surface area contributed by atoms with Crippen LogP contribution in [0.15, 0.2) is 35.3 Å². The zero-order valence-electron chi connectivity index (χ0n) is 15.7. The van der Waals surface area contributed by atoms with Gasteiger partial charge in [-0.25, -0.2) is 0 Å². The number of guanidine groups is 1. The Labute approximate surface area is 152 Å². The summed E-state index contributed by atoms with van der Waals surface area (Å²) in [5, 5.41) is 3.57. The number of hydrogen-bond acceptors (Lipinski definition) is 3. The number of piperidine rings is 1. The standard InChI is InChI=1S/C20H32N4O/c1-23(2)20(11-15-25-16-12-20)17-21-19(24-13-7-4-8-14-24)22-18-9-5-3-6-10-18/h3,5-6,9-10H,4,7-8,11-17H2,1-2H3,(H,21,22). The molecular weight excluding hydrogens is 312 g/mol. The molecule has 2 fully saturated rings. The minimum absolute atomic E-state index is 0.109. The van der Waals surface area contributed by atoms with E-state index in [2.05, 4.69) is 53.5 Å². The number of anilines is 1. The minimum atomic E-state index is 0.109. The molecule has 138 valence electrons. The first-order valence-electron chi connectivity index (χ1n) is 9.56. The Hall–Kier alpha value is -1.59. The SMILES string of the molecule is CN(C)C1(CN=C(Nc2ccccc2)N2CCCCC2)CCOCC1. The van der Waals surface area contributed by atoms with Gasteiger partial charge in [-0.15, -0.1) is 0 Å². The molecule has 2 aliphatic rings. The van der Waals surface area contributed by atoms with E-state index in [1.165, 1.54) is 19.3 Å². The Kier molecular flexibility index (Phi) is 6.32. The normalized spacial score (nSPS) is 21.4. The first-order chi connectivity index (χ1) is 12.2. The second kappa shape index (κ2) is 8.68. The fourth-order valence-corrected chi connectivity index (χ4v) is 3.70. The van der Waals surface area contributed by atoms with E-state index >= 15 is 0 Å². The number of likely N-dealkylation sites (tertiary alicyclic amines) is 1. The Morgan fingerprint density at radius 3 is 2.44 bits per heavy atom. The van der Waals surface area contributed by atoms with Crippen LogP contribution in [0.4, 0.5) is 5.69 Å². The Balaban J connectivity index is 1.78. The van der Waals surface area contributed by atoms with Crippen LogP contribution in [0.2, 0.25) is 0 Å². The van der Waals surface area contributed by atoms with E-state index in [4.69, 9.17) is 9.73 Å². The molecule has 0 spiro atoms. The quantitative estimate of drug-likeness (QED) is 0.673. The molecular formula is C20H32N4O. The lowest BCUT2D eigenvalue weighted by Crippen LogP contribution is -2.51. The predicted octanol–water partition coefficient (Wildman–Crippen LogP) is 3.05. The Bertz CT molecular complexity index is 546. The van der Waals surface area contributed by atoms with Gasteiger partial charge in [-0.2, -0.15) is 0 Å². The van der Waals surface area contributed by atoms with Gasteiger partial charge in [-0.05, 0) is 58.3 Å². The molecule has 3 rings (SSSR count). The van der Waals surface area contributed by atoms with Crippen LogP contribution in [0.5, 0.6) is 0 Å². The second-order valence-electron chi connectivity index (χ2n) is 7.41. The molecule has 0 amide bonds. The van der Waals surface area contributed by atoms with Crippen LogP contribution >= 0.6 is 0 Å². The van der Waals surface area contributed by atoms with E-state index in [-0.39, 0.29) is 5.54 Å². The van der Waals surface area contributed by atoms with E-state index in [9.17, 15) is 0 Å². The van der Waals surface area contributed by atoms with Gasteiger partial charge < -0.3 is 19.9 Å². The van der Waals surface area contributed by atoms with E-state index in [1.807, 2.05) is 6.07 Å². The van der Waals surface area contributed by atoms with E-state index in [1.54, 1.807) is 0 Å². The van der Waals surface area contributed by atoms with Crippen LogP contribution in [-0.2, 0) is 4.74 Å². The molecule has 0 radical (unpaired) electrons. The summed E-state index contributed by atoms with van der Waals surface area (Å²) >= 11 is 0. The summed E-state index contributed by atoms with van der Waals surface area (Å²) in [6.07, 6.45) is 5.92. The third kappa shape index (κ3) is 4.73. The van der Waals surface area contributed by atoms with Crippen molar-refractivity contribution in [2.75, 3.05) is 52.3 Å². The van der Waals surface area contributed by atoms with Gasteiger partial charge in [-0.3, -0.25) is 4.99 Å². The highest BCUT2D eigenvalue weighted by atomic mass is 16.5. The number of para-hydroxylation sites is 1. The van der Waals surface area contributed by atoms with Crippen LogP contribution in [0, 0.1) is 0 Å². The lowest BCUT2D eigenvalue weighted by atomic mass is 9.89. The number of hydrogen-bond donors (Lipinski definition) is 1. The number of likely N-dealkylation sites (N-methyl/N-ethyl adjacent to an activating group) is 1. The fourth-order valence-electron chi connectivity index (χ4n) is 3.70. The van der Waals surface area contributed by atoms with Gasteiger partial charge in [0.05, 0.1) is 6.54 Å². The van der Waals surface area contributed by atoms with Crippen molar-refractivity contribution >= 4 is 11.6 Å². The molecule has 0 aromatic heterocycles. The van der Waals surface area contributed by atoms with Crippen LogP contribution in [-0.4, -0.2) is 68.2 Å². The average Bonchev–Trinajstić information content (AvgIpc) is 2.67. The summed E-state index contributed by atoms with van der Waals surface area (Å²) in [4.78, 5) is 9.85. The van der Waals surface area contributed by atoms with Crippen molar-refractivity contribution in [3.8, 4) is 0 Å². The summed E-state index contributed by atoms with van der Waals surface area (Å²) in [5.41, 5.74) is 1.22. The van der Waals surface area contributed by atoms with Gasteiger partial charge in [0.2, 0.25) is 0 Å². The smallest absolute Gasteiger partial charge is 0.198 e. The summed E-state index contributed by atoms with van der Waals surface area (Å²) in [6, 6.07) is 10.4. The third-order valence-electron chi connectivity index (χ3n) is 5.58. The summed E-state index contributed by atoms with van der Waals surface area (Å²) in [6.45, 7) is 4.67. The molecule has 1 aromatic rings. The number of aliphatic imine (C=N–C) groups is 1. The molecule has 1 aromatic carbocycles. The average molecular weight is 345 g/mol. The maximum Gasteiger partial charge on any atom is 0.198 e. The monoisotopic (exact) mass is 344 g/mol. The van der Waals surface area contributed by atoms with Gasteiger partial charge in [0, 0.05) is 37.5 Å². The number of nitrogens with zero attached hydrogens (tertiary/aromatic N) is 3. The maximum absolute atomic E-state index is 5.59. The molecule has 2 aliphatic heterocycles. The van der Waals surface area contributed by atoms with Gasteiger partial charge in [0.15, 0.2) is 5.96 Å². The Morgan fingerprint density at radius 1 is 1.12 bits per heavy atom. The maximum atomic E-state index is 5.59. The molecule has 0 atom stereocenters. The lowest BCUT2D eigenvalue weighted by molar-refractivity contribution is -0.00260. The molecule has 0 aliphatic carbocycles. The highest BCUT2D eigenvalue weighted by Gasteiger charge is 2.35. The largest absolute Gasteiger partial charge is 0.381 e. The van der Waals surface area contributed by atoms with E-state index in [0.717, 1.165) is 57.3 Å². The first-order valence-corrected chi connectivity index (χ1v) is 9.56. The number of nitrogens with one attached hydrogen (secondary N) is 1. The minimum Gasteiger partial charge on any atom is -0.381 e. The van der Waals surface area contributed by atoms with Crippen molar-refractivity contribution in [2.24, 2.45) is 4.99 Å². The topological polar surface area (TPSA) is 40.1 Å². The van der Waals surface area contributed by atoms with Crippen molar-refractivity contribution in [3.05, 3.63) is 30.3 Å². The number of benzene rings is 1. The van der Waals surface area contributed by atoms with Gasteiger partial charge in [0.1, 0.15) is 0 Å². The van der Waals surface area contributed by atoms with Crippen molar-refractivity contribution < 1.29 is 4.74 Å². The highest BCUT2D eigenvalue weighted by Crippen LogP contribution is 2.26. The zero-order chi connectivity index (χ0) is 17.5. The molecule has 25 heavy (non-hydrogen) atoms. The molecule has 1 N–H and O–H groups in total. The van der Waals surface area contributed by atoms with Crippen LogP contribution in [0.1, 0.15) is 32.1 Å². The molecule has 0 saturated carbocycles. The number of rotatable bonds is 4. The molecule has 0 bridgehead atoms. The summed E-state index contributed by atoms with van der Waals surface area (Å²) in [5.74, 6) is 1.03. The van der Waals surface area contributed by atoms with Crippen LogP contribution in [0.25, 0.3) is 0 Å². The molecule has 5 nitrogen and oxygen atoms in total. The lowest BCUT2D eigenvalue weighted by Gasteiger charge is -2.42. The van der Waals surface area contributed by atoms with Crippen molar-refractivity contribution in [1.29, 1.82) is 0 Å². The highest BCUT2D eigenvalue weighted by molar-refractivity contribution is 5.93. The molecule has 0 unspecified atom stereocenters. The fraction of sp³-hybridized carbons (Fsp3) is 0.650. The van der Waals surface area contributed by atoms with Crippen molar-refractivity contribution in [1.82, 2.24) is 9.80 Å². The zero-order valence-corrected chi connectivity index (χ0v) is 15.7. The number of ether oxygens (including phenoxy) is 1. The summed E-state index contributed by atoms with van der Waals surface area (Å²) in [7, 11) is 4.35. The van der Waals surface area contributed by atoms with Crippen molar-refractivity contribution in [3.63, 3.8) is 0 Å². The van der Waals surface area contributed by atoms with E-state index < -0.39 is 0 Å². The van der Waals surface area contributed by atoms with Crippen molar-refractivity contribution in [2.45, 2.75) is 37.6 Å². The molecule has 5 heteroatoms. The third-order valence-corrected chi connectivity index (χ3v) is 5.58. The van der Waals surface area contributed by atoms with Gasteiger partial charge in [0.25, 0.3) is 0 Å². The van der Waals surface area contributed by atoms with Gasteiger partial charge in [-0.1, -0.05) is 18.2 Å². The van der Waals surface area contributed by atoms with Gasteiger partial charge >= 0.3 is 0 Å². The Morgan fingerprint density at radius 2 is 1.80 bits per heavy atom. The molecule has 2 saturated heterocycles.